The summed E-state index contributed by atoms with van der Waals surface area (Å²) in [6, 6.07) is 26.5. The molecule has 0 bridgehead atoms. The summed E-state index contributed by atoms with van der Waals surface area (Å²) in [7, 11) is 1.98. The summed E-state index contributed by atoms with van der Waals surface area (Å²) in [5.41, 5.74) is 3.42. The highest BCUT2D eigenvalue weighted by Gasteiger charge is 2.53. The van der Waals surface area contributed by atoms with Gasteiger partial charge >= 0.3 is 0 Å². The van der Waals surface area contributed by atoms with Crippen LogP contribution in [0.1, 0.15) is 42.4 Å². The largest absolute Gasteiger partial charge is 0.303 e. The van der Waals surface area contributed by atoms with Gasteiger partial charge in [-0.2, -0.15) is 0 Å². The minimum absolute atomic E-state index is 0.117. The van der Waals surface area contributed by atoms with Gasteiger partial charge in [-0.15, -0.1) is 0 Å². The van der Waals surface area contributed by atoms with E-state index in [0.717, 1.165) is 48.4 Å². The van der Waals surface area contributed by atoms with Gasteiger partial charge in [-0.05, 0) is 67.7 Å². The lowest BCUT2D eigenvalue weighted by molar-refractivity contribution is -0.125. The van der Waals surface area contributed by atoms with E-state index in [0.29, 0.717) is 11.6 Å². The summed E-state index contributed by atoms with van der Waals surface area (Å²) in [5.74, 6) is 0.117. The standard InChI is InChI=1S/C29H32ClN3O/c1-31(22-23-12-6-8-16-26(23)30)33-27-17-9-7-15-25(27)29(28(33)34,24-13-4-2-5-14-24)18-21-32-19-10-3-11-20-32/h2,4-9,12-17H,3,10-11,18-22H2,1H3/t29-/m1/s1. The van der Waals surface area contributed by atoms with Crippen LogP contribution in [0.15, 0.2) is 78.9 Å². The zero-order valence-electron chi connectivity index (χ0n) is 19.8. The molecule has 0 spiro atoms. The fourth-order valence-corrected chi connectivity index (χ4v) is 5.80. The maximum absolute atomic E-state index is 14.5. The molecule has 0 aliphatic carbocycles. The summed E-state index contributed by atoms with van der Waals surface area (Å²) >= 11 is 6.46. The molecule has 1 atom stereocenters. The monoisotopic (exact) mass is 473 g/mol. The van der Waals surface area contributed by atoms with Crippen LogP contribution in [0.2, 0.25) is 5.02 Å². The second-order valence-electron chi connectivity index (χ2n) is 9.46. The van der Waals surface area contributed by atoms with Crippen molar-refractivity contribution in [1.82, 2.24) is 9.91 Å². The van der Waals surface area contributed by atoms with Crippen LogP contribution in [0.5, 0.6) is 0 Å². The Balaban J connectivity index is 1.54. The Hall–Kier alpha value is -2.66. The number of fused-ring (bicyclic) bond motifs is 1. The van der Waals surface area contributed by atoms with Crippen molar-refractivity contribution in [3.05, 3.63) is 101 Å². The molecule has 3 aromatic carbocycles. The first-order valence-electron chi connectivity index (χ1n) is 12.3. The topological polar surface area (TPSA) is 26.8 Å². The van der Waals surface area contributed by atoms with Crippen molar-refractivity contribution in [2.24, 2.45) is 0 Å². The lowest BCUT2D eigenvalue weighted by Gasteiger charge is -2.35. The van der Waals surface area contributed by atoms with E-state index in [1.807, 2.05) is 65.6 Å². The van der Waals surface area contributed by atoms with Gasteiger partial charge in [0.25, 0.3) is 5.91 Å². The second kappa shape index (κ2) is 9.91. The zero-order chi connectivity index (χ0) is 23.5. The van der Waals surface area contributed by atoms with Crippen LogP contribution in [-0.4, -0.2) is 42.5 Å². The molecule has 5 heteroatoms. The zero-order valence-corrected chi connectivity index (χ0v) is 20.5. The van der Waals surface area contributed by atoms with E-state index in [1.165, 1.54) is 19.3 Å². The summed E-state index contributed by atoms with van der Waals surface area (Å²) in [6.07, 6.45) is 4.57. The molecule has 0 aromatic heterocycles. The molecule has 34 heavy (non-hydrogen) atoms. The number of anilines is 1. The molecule has 4 nitrogen and oxygen atoms in total. The van der Waals surface area contributed by atoms with Crippen molar-refractivity contribution < 1.29 is 4.79 Å². The predicted molar refractivity (Wildman–Crippen MR) is 139 cm³/mol. The average Bonchev–Trinajstić information content (AvgIpc) is 3.13. The second-order valence-corrected chi connectivity index (χ2v) is 9.87. The number of nitrogens with zero attached hydrogens (tertiary/aromatic N) is 3. The Kier molecular flexibility index (Phi) is 6.73. The average molecular weight is 474 g/mol. The number of benzene rings is 3. The molecule has 5 rings (SSSR count). The highest BCUT2D eigenvalue weighted by Crippen LogP contribution is 2.49. The number of amides is 1. The van der Waals surface area contributed by atoms with Gasteiger partial charge in [0.15, 0.2) is 0 Å². The molecule has 2 heterocycles. The number of likely N-dealkylation sites (tertiary alicyclic amines) is 1. The fraction of sp³-hybridized carbons (Fsp3) is 0.345. The fourth-order valence-electron chi connectivity index (χ4n) is 5.60. The van der Waals surface area contributed by atoms with E-state index in [2.05, 4.69) is 35.2 Å². The first-order valence-corrected chi connectivity index (χ1v) is 12.7. The number of halogens is 1. The van der Waals surface area contributed by atoms with Gasteiger partial charge in [0.2, 0.25) is 0 Å². The third-order valence-corrected chi connectivity index (χ3v) is 7.73. The van der Waals surface area contributed by atoms with Crippen molar-refractivity contribution in [2.45, 2.75) is 37.6 Å². The molecule has 0 unspecified atom stereocenters. The molecule has 2 aliphatic rings. The molecule has 0 N–H and O–H groups in total. The first-order chi connectivity index (χ1) is 16.6. The summed E-state index contributed by atoms with van der Waals surface area (Å²) < 4.78 is 0. The molecule has 1 saturated heterocycles. The van der Waals surface area contributed by atoms with Gasteiger partial charge in [0, 0.05) is 18.6 Å². The molecule has 0 radical (unpaired) electrons. The molecule has 1 fully saturated rings. The van der Waals surface area contributed by atoms with Crippen LogP contribution >= 0.6 is 11.6 Å². The van der Waals surface area contributed by atoms with Crippen molar-refractivity contribution in [3.63, 3.8) is 0 Å². The number of carbonyl (C=O) groups excluding carboxylic acids is 1. The smallest absolute Gasteiger partial charge is 0.256 e. The van der Waals surface area contributed by atoms with Gasteiger partial charge < -0.3 is 4.90 Å². The van der Waals surface area contributed by atoms with E-state index in [9.17, 15) is 4.79 Å². The van der Waals surface area contributed by atoms with Gasteiger partial charge in [0.1, 0.15) is 5.41 Å². The number of rotatable bonds is 7. The summed E-state index contributed by atoms with van der Waals surface area (Å²) in [4.78, 5) is 17.0. The third-order valence-electron chi connectivity index (χ3n) is 7.37. The first kappa shape index (κ1) is 23.1. The van der Waals surface area contributed by atoms with Gasteiger partial charge in [-0.25, -0.2) is 10.0 Å². The van der Waals surface area contributed by atoms with Crippen molar-refractivity contribution in [2.75, 3.05) is 31.7 Å². The molecule has 0 saturated carbocycles. The number of para-hydroxylation sites is 1. The third kappa shape index (κ3) is 4.15. The van der Waals surface area contributed by atoms with Crippen LogP contribution in [0.4, 0.5) is 5.69 Å². The Morgan fingerprint density at radius 3 is 2.32 bits per heavy atom. The normalized spacial score (nSPS) is 20.7. The SMILES string of the molecule is CN(Cc1ccccc1Cl)N1C(=O)[C@](CCN2CCCCC2)(c2ccccc2)c2ccccc21. The maximum atomic E-state index is 14.5. The van der Waals surface area contributed by atoms with E-state index in [1.54, 1.807) is 0 Å². The van der Waals surface area contributed by atoms with Crippen LogP contribution in [-0.2, 0) is 16.8 Å². The Bertz CT molecular complexity index is 1140. The Morgan fingerprint density at radius 2 is 1.56 bits per heavy atom. The van der Waals surface area contributed by atoms with Crippen molar-refractivity contribution in [3.8, 4) is 0 Å². The van der Waals surface area contributed by atoms with Crippen LogP contribution in [0.25, 0.3) is 0 Å². The summed E-state index contributed by atoms with van der Waals surface area (Å²) in [5, 5.41) is 4.60. The highest BCUT2D eigenvalue weighted by atomic mass is 35.5. The minimum Gasteiger partial charge on any atom is -0.303 e. The van der Waals surface area contributed by atoms with E-state index >= 15 is 0 Å². The lowest BCUT2D eigenvalue weighted by Crippen LogP contribution is -2.49. The van der Waals surface area contributed by atoms with E-state index < -0.39 is 5.41 Å². The van der Waals surface area contributed by atoms with Crippen LogP contribution < -0.4 is 5.01 Å². The maximum Gasteiger partial charge on any atom is 0.256 e. The molecular weight excluding hydrogens is 442 g/mol. The van der Waals surface area contributed by atoms with Gasteiger partial charge in [-0.1, -0.05) is 84.8 Å². The minimum atomic E-state index is -0.704. The molecule has 176 valence electrons. The molecule has 1 amide bonds. The van der Waals surface area contributed by atoms with Crippen LogP contribution in [0, 0.1) is 0 Å². The molecule has 2 aliphatic heterocycles. The highest BCUT2D eigenvalue weighted by molar-refractivity contribution is 6.31. The van der Waals surface area contributed by atoms with Gasteiger partial charge in [0.05, 0.1) is 5.69 Å². The number of hydrazine groups is 1. The lowest BCUT2D eigenvalue weighted by atomic mass is 9.72. The number of piperidine rings is 1. The van der Waals surface area contributed by atoms with E-state index in [-0.39, 0.29) is 5.91 Å². The van der Waals surface area contributed by atoms with Gasteiger partial charge in [-0.3, -0.25) is 4.79 Å². The molecule has 3 aromatic rings. The summed E-state index contributed by atoms with van der Waals surface area (Å²) in [6.45, 7) is 3.71. The predicted octanol–water partition coefficient (Wildman–Crippen LogP) is 5.90. The van der Waals surface area contributed by atoms with E-state index in [4.69, 9.17) is 11.6 Å². The Morgan fingerprint density at radius 1 is 0.882 bits per heavy atom. The Labute approximate surface area is 207 Å². The number of hydrogen-bond donors (Lipinski definition) is 0. The number of carbonyl (C=O) groups is 1. The van der Waals surface area contributed by atoms with Crippen LogP contribution in [0.3, 0.4) is 0 Å². The molecular formula is C29H32ClN3O. The quantitative estimate of drug-likeness (QED) is 0.427. The van der Waals surface area contributed by atoms with Crippen molar-refractivity contribution >= 4 is 23.2 Å². The number of hydrogen-bond acceptors (Lipinski definition) is 3. The van der Waals surface area contributed by atoms with Crippen molar-refractivity contribution in [1.29, 1.82) is 0 Å².